The van der Waals surface area contributed by atoms with E-state index < -0.39 is 0 Å². The third kappa shape index (κ3) is 2.94. The average molecular weight is 375 g/mol. The van der Waals surface area contributed by atoms with Crippen LogP contribution in [0.25, 0.3) is 17.0 Å². The van der Waals surface area contributed by atoms with Gasteiger partial charge in [0.25, 0.3) is 5.91 Å². The molecule has 1 aliphatic heterocycles. The van der Waals surface area contributed by atoms with Crippen molar-refractivity contribution < 1.29 is 4.79 Å². The van der Waals surface area contributed by atoms with Gasteiger partial charge in [0.1, 0.15) is 5.70 Å². The molecule has 1 aromatic heterocycles. The Kier molecular flexibility index (Phi) is 4.32. The highest BCUT2D eigenvalue weighted by Gasteiger charge is 2.32. The van der Waals surface area contributed by atoms with Crippen molar-refractivity contribution in [1.29, 1.82) is 0 Å². The molecule has 0 saturated carbocycles. The molecule has 5 heteroatoms. The van der Waals surface area contributed by atoms with Crippen LogP contribution in [0.15, 0.2) is 54.4 Å². The Hall–Kier alpha value is -2.92. The van der Waals surface area contributed by atoms with E-state index in [4.69, 9.17) is 12.2 Å². The second-order valence-corrected chi connectivity index (χ2v) is 7.17. The third-order valence-corrected chi connectivity index (χ3v) is 5.37. The minimum atomic E-state index is -0.128. The lowest BCUT2D eigenvalue weighted by Crippen LogP contribution is -2.30. The van der Waals surface area contributed by atoms with Crippen LogP contribution in [-0.4, -0.2) is 15.6 Å². The van der Waals surface area contributed by atoms with Crippen LogP contribution in [-0.2, 0) is 11.3 Å². The van der Waals surface area contributed by atoms with Gasteiger partial charge in [-0.25, -0.2) is 0 Å². The first kappa shape index (κ1) is 17.5. The first-order valence-electron chi connectivity index (χ1n) is 9.02. The van der Waals surface area contributed by atoms with Crippen molar-refractivity contribution in [3.8, 4) is 0 Å². The molecule has 136 valence electrons. The summed E-state index contributed by atoms with van der Waals surface area (Å²) in [5, 5.41) is 4.62. The molecular weight excluding hydrogens is 354 g/mol. The molecule has 27 heavy (non-hydrogen) atoms. The van der Waals surface area contributed by atoms with E-state index >= 15 is 0 Å². The SMILES string of the molecule is CCn1cc(/C=C2\NC(=S)N(c3ccc(C)c(C)c3)C2=O)c2ccccc21. The number of aromatic nitrogens is 1. The molecule has 1 amide bonds. The van der Waals surface area contributed by atoms with Crippen molar-refractivity contribution in [3.05, 3.63) is 71.0 Å². The number of aryl methyl sites for hydroxylation is 3. The van der Waals surface area contributed by atoms with Crippen LogP contribution in [0.5, 0.6) is 0 Å². The molecule has 2 aromatic carbocycles. The zero-order chi connectivity index (χ0) is 19.1. The minimum absolute atomic E-state index is 0.128. The fourth-order valence-electron chi connectivity index (χ4n) is 3.44. The smallest absolute Gasteiger partial charge is 0.281 e. The maximum absolute atomic E-state index is 13.0. The molecule has 1 fully saturated rings. The lowest BCUT2D eigenvalue weighted by molar-refractivity contribution is -0.113. The number of hydrogen-bond acceptors (Lipinski definition) is 2. The number of anilines is 1. The molecule has 1 saturated heterocycles. The van der Waals surface area contributed by atoms with Gasteiger partial charge < -0.3 is 9.88 Å². The maximum Gasteiger partial charge on any atom is 0.281 e. The molecule has 2 heterocycles. The summed E-state index contributed by atoms with van der Waals surface area (Å²) >= 11 is 5.44. The number of benzene rings is 2. The summed E-state index contributed by atoms with van der Waals surface area (Å²) in [4.78, 5) is 14.6. The molecular formula is C22H21N3OS. The fraction of sp³-hybridized carbons (Fsp3) is 0.182. The average Bonchev–Trinajstić information content (AvgIpc) is 3.15. The zero-order valence-electron chi connectivity index (χ0n) is 15.6. The number of rotatable bonds is 3. The molecule has 4 rings (SSSR count). The second kappa shape index (κ2) is 6.67. The van der Waals surface area contributed by atoms with Crippen LogP contribution >= 0.6 is 12.2 Å². The van der Waals surface area contributed by atoms with Crippen LogP contribution in [0.3, 0.4) is 0 Å². The third-order valence-electron chi connectivity index (χ3n) is 5.09. The standard InChI is InChI=1S/C22H21N3OS/c1-4-24-13-16(18-7-5-6-8-20(18)24)12-19-21(26)25(22(27)23-19)17-10-9-14(2)15(3)11-17/h5-13H,4H2,1-3H3,(H,23,27)/b19-12-. The van der Waals surface area contributed by atoms with E-state index in [2.05, 4.69) is 42.1 Å². The number of amides is 1. The number of nitrogens with one attached hydrogen (secondary N) is 1. The van der Waals surface area contributed by atoms with E-state index in [1.807, 2.05) is 43.3 Å². The van der Waals surface area contributed by atoms with E-state index in [9.17, 15) is 4.79 Å². The van der Waals surface area contributed by atoms with Crippen molar-refractivity contribution >= 4 is 45.9 Å². The van der Waals surface area contributed by atoms with Gasteiger partial charge in [0.15, 0.2) is 5.11 Å². The van der Waals surface area contributed by atoms with Gasteiger partial charge in [0.2, 0.25) is 0 Å². The molecule has 0 radical (unpaired) electrons. The highest BCUT2D eigenvalue weighted by Crippen LogP contribution is 2.27. The molecule has 0 atom stereocenters. The molecule has 3 aromatic rings. The molecule has 0 bridgehead atoms. The van der Waals surface area contributed by atoms with E-state index in [0.29, 0.717) is 10.8 Å². The lowest BCUT2D eigenvalue weighted by Gasteiger charge is -2.15. The Morgan fingerprint density at radius 3 is 2.63 bits per heavy atom. The number of nitrogens with zero attached hydrogens (tertiary/aromatic N) is 2. The number of hydrogen-bond donors (Lipinski definition) is 1. The topological polar surface area (TPSA) is 37.3 Å². The van der Waals surface area contributed by atoms with Gasteiger partial charge in [-0.3, -0.25) is 9.69 Å². The Labute approximate surface area is 164 Å². The number of para-hydroxylation sites is 1. The van der Waals surface area contributed by atoms with Gasteiger partial charge in [-0.2, -0.15) is 0 Å². The number of carbonyl (C=O) groups excluding carboxylic acids is 1. The molecule has 4 nitrogen and oxygen atoms in total. The van der Waals surface area contributed by atoms with E-state index in [1.165, 1.54) is 5.56 Å². The first-order valence-corrected chi connectivity index (χ1v) is 9.42. The van der Waals surface area contributed by atoms with Gasteiger partial charge in [0.05, 0.1) is 5.69 Å². The maximum atomic E-state index is 13.0. The number of fused-ring (bicyclic) bond motifs is 1. The highest BCUT2D eigenvalue weighted by atomic mass is 32.1. The van der Waals surface area contributed by atoms with E-state index in [1.54, 1.807) is 4.90 Å². The quantitative estimate of drug-likeness (QED) is 0.539. The second-order valence-electron chi connectivity index (χ2n) is 6.78. The van der Waals surface area contributed by atoms with Crippen molar-refractivity contribution in [2.75, 3.05) is 4.90 Å². The van der Waals surface area contributed by atoms with Crippen LogP contribution in [0.2, 0.25) is 0 Å². The minimum Gasteiger partial charge on any atom is -0.347 e. The van der Waals surface area contributed by atoms with Crippen molar-refractivity contribution in [2.24, 2.45) is 0 Å². The molecule has 0 unspecified atom stereocenters. The van der Waals surface area contributed by atoms with Crippen molar-refractivity contribution in [1.82, 2.24) is 9.88 Å². The predicted octanol–water partition coefficient (Wildman–Crippen LogP) is 4.54. The zero-order valence-corrected chi connectivity index (χ0v) is 16.4. The predicted molar refractivity (Wildman–Crippen MR) is 115 cm³/mol. The summed E-state index contributed by atoms with van der Waals surface area (Å²) < 4.78 is 2.18. The summed E-state index contributed by atoms with van der Waals surface area (Å²) in [6.07, 6.45) is 3.97. The van der Waals surface area contributed by atoms with Crippen LogP contribution in [0, 0.1) is 13.8 Å². The summed E-state index contributed by atoms with van der Waals surface area (Å²) in [5.74, 6) is -0.128. The van der Waals surface area contributed by atoms with Crippen molar-refractivity contribution in [2.45, 2.75) is 27.3 Å². The molecule has 0 aliphatic carbocycles. The Morgan fingerprint density at radius 1 is 1.11 bits per heavy atom. The van der Waals surface area contributed by atoms with Gasteiger partial charge in [-0.15, -0.1) is 0 Å². The van der Waals surface area contributed by atoms with Gasteiger partial charge in [-0.1, -0.05) is 24.3 Å². The van der Waals surface area contributed by atoms with Crippen molar-refractivity contribution in [3.63, 3.8) is 0 Å². The molecule has 1 N–H and O–H groups in total. The normalized spacial score (nSPS) is 15.8. The highest BCUT2D eigenvalue weighted by molar-refractivity contribution is 7.80. The first-order chi connectivity index (χ1) is 13.0. The van der Waals surface area contributed by atoms with E-state index in [0.717, 1.165) is 34.3 Å². The summed E-state index contributed by atoms with van der Waals surface area (Å²) in [7, 11) is 0. The lowest BCUT2D eigenvalue weighted by atomic mass is 10.1. The van der Waals surface area contributed by atoms with Gasteiger partial charge in [0, 0.05) is 29.2 Å². The Bertz CT molecular complexity index is 1110. The number of carbonyl (C=O) groups is 1. The summed E-state index contributed by atoms with van der Waals surface area (Å²) in [6.45, 7) is 7.07. The van der Waals surface area contributed by atoms with E-state index in [-0.39, 0.29) is 5.91 Å². The van der Waals surface area contributed by atoms with Crippen LogP contribution in [0.4, 0.5) is 5.69 Å². The van der Waals surface area contributed by atoms with Gasteiger partial charge in [-0.05, 0) is 68.4 Å². The monoisotopic (exact) mass is 375 g/mol. The molecule has 0 spiro atoms. The largest absolute Gasteiger partial charge is 0.347 e. The molecule has 1 aliphatic rings. The number of thiocarbonyl (C=S) groups is 1. The Balaban J connectivity index is 1.75. The Morgan fingerprint density at radius 2 is 1.89 bits per heavy atom. The fourth-order valence-corrected chi connectivity index (χ4v) is 3.74. The van der Waals surface area contributed by atoms with Crippen LogP contribution in [0.1, 0.15) is 23.6 Å². The van der Waals surface area contributed by atoms with Gasteiger partial charge >= 0.3 is 0 Å². The van der Waals surface area contributed by atoms with Crippen LogP contribution < -0.4 is 10.2 Å². The summed E-state index contributed by atoms with van der Waals surface area (Å²) in [6, 6.07) is 14.1. The summed E-state index contributed by atoms with van der Waals surface area (Å²) in [5.41, 5.74) is 5.77.